The fourth-order valence-corrected chi connectivity index (χ4v) is 2.51. The van der Waals surface area contributed by atoms with Crippen LogP contribution < -0.4 is 21.3 Å². The van der Waals surface area contributed by atoms with Crippen LogP contribution in [0.15, 0.2) is 47.0 Å². The molecule has 2 heterocycles. The van der Waals surface area contributed by atoms with E-state index in [9.17, 15) is 9.59 Å². The summed E-state index contributed by atoms with van der Waals surface area (Å²) < 4.78 is 10.4. The van der Waals surface area contributed by atoms with E-state index in [1.54, 1.807) is 6.92 Å². The van der Waals surface area contributed by atoms with Gasteiger partial charge < -0.3 is 14.6 Å². The second-order valence-electron chi connectivity index (χ2n) is 5.51. The number of nitrogens with one attached hydrogen (secondary N) is 2. The topological polar surface area (TPSA) is 132 Å². The van der Waals surface area contributed by atoms with Gasteiger partial charge in [0, 0.05) is 5.56 Å². The number of pyridine rings is 1. The number of hydrogen-bond donors (Lipinski definition) is 3. The lowest BCUT2D eigenvalue weighted by Crippen LogP contribution is -2.30. The van der Waals surface area contributed by atoms with Gasteiger partial charge in [-0.15, -0.1) is 0 Å². The number of hydrogen-bond acceptors (Lipinski definition) is 7. The van der Waals surface area contributed by atoms with Crippen LogP contribution in [0.1, 0.15) is 26.6 Å². The number of carbonyl (C=O) groups is 2. The molecule has 0 saturated heterocycles. The fraction of sp³-hybridized carbons (Fsp3) is 0.111. The second kappa shape index (κ2) is 7.67. The Kier molecular flexibility index (Phi) is 5.13. The third-order valence-electron chi connectivity index (χ3n) is 3.80. The average Bonchev–Trinajstić information content (AvgIpc) is 3.09. The maximum atomic E-state index is 12.8. The number of hydrazine groups is 1. The molecule has 0 aliphatic heterocycles. The summed E-state index contributed by atoms with van der Waals surface area (Å²) in [4.78, 5) is 28.5. The molecule has 9 nitrogen and oxygen atoms in total. The van der Waals surface area contributed by atoms with E-state index < -0.39 is 11.8 Å². The first-order chi connectivity index (χ1) is 13.0. The summed E-state index contributed by atoms with van der Waals surface area (Å²) in [5, 5.41) is 6.70. The summed E-state index contributed by atoms with van der Waals surface area (Å²) in [5.41, 5.74) is 3.80. The van der Waals surface area contributed by atoms with Gasteiger partial charge in [-0.3, -0.25) is 15.0 Å². The number of nitrogens with two attached hydrogens (primary N) is 1. The zero-order valence-electron chi connectivity index (χ0n) is 14.6. The van der Waals surface area contributed by atoms with E-state index in [1.807, 2.05) is 35.8 Å². The molecule has 2 aromatic heterocycles. The third kappa shape index (κ3) is 3.62. The van der Waals surface area contributed by atoms with Crippen LogP contribution >= 0.6 is 0 Å². The number of aromatic nitrogens is 2. The molecule has 0 radical (unpaired) electrons. The molecule has 0 aliphatic carbocycles. The molecule has 0 unspecified atom stereocenters. The molecule has 3 rings (SSSR count). The molecule has 0 spiro atoms. The highest BCUT2D eigenvalue weighted by Gasteiger charge is 2.23. The summed E-state index contributed by atoms with van der Waals surface area (Å²) in [7, 11) is 1.38. The Morgan fingerprint density at radius 3 is 2.52 bits per heavy atom. The van der Waals surface area contributed by atoms with E-state index in [4.69, 9.17) is 15.1 Å². The average molecular weight is 367 g/mol. The van der Waals surface area contributed by atoms with Crippen molar-refractivity contribution in [1.29, 1.82) is 0 Å². The van der Waals surface area contributed by atoms with Crippen LogP contribution in [-0.4, -0.2) is 29.1 Å². The van der Waals surface area contributed by atoms with Crippen LogP contribution in [0.5, 0.6) is 5.88 Å². The number of methoxy groups -OCH3 is 1. The first-order valence-electron chi connectivity index (χ1n) is 7.94. The Morgan fingerprint density at radius 1 is 1.11 bits per heavy atom. The van der Waals surface area contributed by atoms with Crippen molar-refractivity contribution in [3.8, 4) is 17.1 Å². The minimum absolute atomic E-state index is 0.0541. The third-order valence-corrected chi connectivity index (χ3v) is 3.80. The first-order valence-corrected chi connectivity index (χ1v) is 7.94. The molecule has 1 aromatic carbocycles. The lowest BCUT2D eigenvalue weighted by atomic mass is 10.1. The van der Waals surface area contributed by atoms with Crippen LogP contribution in [0.4, 0.5) is 5.69 Å². The van der Waals surface area contributed by atoms with E-state index in [2.05, 4.69) is 15.5 Å². The molecule has 27 heavy (non-hydrogen) atoms. The molecule has 0 atom stereocenters. The van der Waals surface area contributed by atoms with E-state index in [1.165, 1.54) is 19.2 Å². The molecule has 9 heteroatoms. The van der Waals surface area contributed by atoms with Crippen LogP contribution in [0.2, 0.25) is 0 Å². The highest BCUT2D eigenvalue weighted by atomic mass is 16.5. The summed E-state index contributed by atoms with van der Waals surface area (Å²) in [6.07, 6.45) is 0. The number of ether oxygens (including phenoxy) is 1. The normalized spacial score (nSPS) is 10.3. The minimum Gasteiger partial charge on any atom is -0.479 e. The summed E-state index contributed by atoms with van der Waals surface area (Å²) in [6, 6.07) is 12.1. The van der Waals surface area contributed by atoms with Crippen molar-refractivity contribution in [2.24, 2.45) is 5.84 Å². The summed E-state index contributed by atoms with van der Waals surface area (Å²) in [5.74, 6) is 4.52. The SMILES string of the molecule is COc1nc(C(=O)NN)ccc1NC(=O)c1c(-c2ccccc2)noc1C. The largest absolute Gasteiger partial charge is 0.479 e. The summed E-state index contributed by atoms with van der Waals surface area (Å²) >= 11 is 0. The fourth-order valence-electron chi connectivity index (χ4n) is 2.51. The Hall–Kier alpha value is -3.72. The predicted octanol–water partition coefficient (Wildman–Crippen LogP) is 1.91. The zero-order chi connectivity index (χ0) is 19.4. The molecule has 138 valence electrons. The molecule has 0 aliphatic rings. The van der Waals surface area contributed by atoms with Gasteiger partial charge in [-0.1, -0.05) is 35.5 Å². The van der Waals surface area contributed by atoms with Crippen molar-refractivity contribution in [2.75, 3.05) is 12.4 Å². The molecule has 4 N–H and O–H groups in total. The lowest BCUT2D eigenvalue weighted by molar-refractivity contribution is 0.0947. The van der Waals surface area contributed by atoms with Crippen LogP contribution in [0, 0.1) is 6.92 Å². The van der Waals surface area contributed by atoms with Gasteiger partial charge in [-0.05, 0) is 19.1 Å². The van der Waals surface area contributed by atoms with Gasteiger partial charge in [0.15, 0.2) is 0 Å². The molecule has 0 bridgehead atoms. The van der Waals surface area contributed by atoms with Gasteiger partial charge in [0.1, 0.15) is 28.4 Å². The lowest BCUT2D eigenvalue weighted by Gasteiger charge is -2.10. The van der Waals surface area contributed by atoms with Crippen LogP contribution in [0.25, 0.3) is 11.3 Å². The van der Waals surface area contributed by atoms with E-state index in [-0.39, 0.29) is 17.3 Å². The van der Waals surface area contributed by atoms with E-state index >= 15 is 0 Å². The maximum absolute atomic E-state index is 12.8. The van der Waals surface area contributed by atoms with Gasteiger partial charge in [0.05, 0.1) is 7.11 Å². The van der Waals surface area contributed by atoms with Gasteiger partial charge in [0.2, 0.25) is 5.88 Å². The number of amides is 2. The van der Waals surface area contributed by atoms with Crippen molar-refractivity contribution in [3.05, 3.63) is 59.5 Å². The van der Waals surface area contributed by atoms with Crippen LogP contribution in [0.3, 0.4) is 0 Å². The summed E-state index contributed by atoms with van der Waals surface area (Å²) in [6.45, 7) is 1.65. The smallest absolute Gasteiger partial charge is 0.283 e. The van der Waals surface area contributed by atoms with Gasteiger partial charge in [-0.2, -0.15) is 0 Å². The Morgan fingerprint density at radius 2 is 1.85 bits per heavy atom. The Bertz CT molecular complexity index is 985. The first kappa shape index (κ1) is 18.1. The number of nitrogens with zero attached hydrogens (tertiary/aromatic N) is 2. The molecular formula is C18H17N5O4. The maximum Gasteiger partial charge on any atom is 0.283 e. The molecule has 2 amide bonds. The number of nitrogen functional groups attached to an aromatic ring is 1. The molecular weight excluding hydrogens is 350 g/mol. The zero-order valence-corrected chi connectivity index (χ0v) is 14.6. The van der Waals surface area contributed by atoms with Gasteiger partial charge >= 0.3 is 0 Å². The predicted molar refractivity (Wildman–Crippen MR) is 97.1 cm³/mol. The van der Waals surface area contributed by atoms with Crippen molar-refractivity contribution in [1.82, 2.24) is 15.6 Å². The molecule has 0 saturated carbocycles. The number of aryl methyl sites for hydroxylation is 1. The molecule has 3 aromatic rings. The Labute approximate surface area is 154 Å². The number of anilines is 1. The van der Waals surface area contributed by atoms with Crippen molar-refractivity contribution in [3.63, 3.8) is 0 Å². The quantitative estimate of drug-likeness (QED) is 0.356. The minimum atomic E-state index is -0.576. The highest BCUT2D eigenvalue weighted by Crippen LogP contribution is 2.28. The van der Waals surface area contributed by atoms with Crippen LogP contribution in [-0.2, 0) is 0 Å². The van der Waals surface area contributed by atoms with E-state index in [0.29, 0.717) is 17.0 Å². The van der Waals surface area contributed by atoms with Gasteiger partial charge in [-0.25, -0.2) is 10.8 Å². The van der Waals surface area contributed by atoms with Crippen molar-refractivity contribution >= 4 is 17.5 Å². The van der Waals surface area contributed by atoms with E-state index in [0.717, 1.165) is 5.56 Å². The standard InChI is InChI=1S/C18H17N5O4/c1-10-14(15(23-27-10)11-6-4-3-5-7-11)17(25)20-13-9-8-12(16(24)22-19)21-18(13)26-2/h3-9H,19H2,1-2H3,(H,20,25)(H,22,24). The van der Waals surface area contributed by atoms with Crippen molar-refractivity contribution < 1.29 is 18.8 Å². The second-order valence-corrected chi connectivity index (χ2v) is 5.51. The number of carbonyl (C=O) groups excluding carboxylic acids is 2. The Balaban J connectivity index is 1.93. The highest BCUT2D eigenvalue weighted by molar-refractivity contribution is 6.09. The number of rotatable bonds is 5. The number of benzene rings is 1. The molecule has 0 fully saturated rings. The monoisotopic (exact) mass is 367 g/mol. The van der Waals surface area contributed by atoms with Crippen molar-refractivity contribution in [2.45, 2.75) is 6.92 Å². The van der Waals surface area contributed by atoms with Gasteiger partial charge in [0.25, 0.3) is 11.8 Å².